The Kier molecular flexibility index (Phi) is 3.57. The van der Waals surface area contributed by atoms with Gasteiger partial charge in [-0.2, -0.15) is 13.2 Å². The van der Waals surface area contributed by atoms with Gasteiger partial charge in [-0.05, 0) is 23.8 Å². The zero-order chi connectivity index (χ0) is 11.6. The molecule has 1 N–H and O–H groups in total. The van der Waals surface area contributed by atoms with Crippen molar-refractivity contribution in [3.63, 3.8) is 0 Å². The molecule has 0 radical (unpaired) electrons. The number of hydrogen-bond acceptors (Lipinski definition) is 1. The largest absolute Gasteiger partial charge is 0.414 e. The number of rotatable bonds is 2. The van der Waals surface area contributed by atoms with Crippen LogP contribution >= 0.6 is 11.6 Å². The molecule has 0 spiro atoms. The van der Waals surface area contributed by atoms with Crippen LogP contribution in [-0.4, -0.2) is 17.4 Å². The Morgan fingerprint density at radius 2 is 1.93 bits per heavy atom. The molecule has 0 saturated heterocycles. The average Bonchev–Trinajstić information content (AvgIpc) is 2.09. The molecule has 0 heterocycles. The molecule has 1 aromatic rings. The van der Waals surface area contributed by atoms with Crippen LogP contribution in [-0.2, 0) is 6.42 Å². The third-order valence-electron chi connectivity index (χ3n) is 1.80. The van der Waals surface area contributed by atoms with Gasteiger partial charge in [-0.15, -0.1) is 0 Å². The van der Waals surface area contributed by atoms with Gasteiger partial charge < -0.3 is 5.11 Å². The van der Waals surface area contributed by atoms with Crippen LogP contribution in [0.5, 0.6) is 0 Å². The Hall–Kier alpha value is -0.810. The number of benzene rings is 1. The van der Waals surface area contributed by atoms with Crippen LogP contribution in [0.4, 0.5) is 17.6 Å². The lowest BCUT2D eigenvalue weighted by Crippen LogP contribution is -2.30. The van der Waals surface area contributed by atoms with E-state index in [0.29, 0.717) is 0 Å². The van der Waals surface area contributed by atoms with E-state index in [-0.39, 0.29) is 10.6 Å². The van der Waals surface area contributed by atoms with Gasteiger partial charge in [-0.3, -0.25) is 0 Å². The van der Waals surface area contributed by atoms with Gasteiger partial charge in [0, 0.05) is 11.4 Å². The van der Waals surface area contributed by atoms with Gasteiger partial charge in [-0.25, -0.2) is 4.39 Å². The quantitative estimate of drug-likeness (QED) is 0.791. The fourth-order valence-corrected chi connectivity index (χ4v) is 1.22. The normalized spacial score (nSPS) is 14.0. The lowest BCUT2D eigenvalue weighted by molar-refractivity contribution is -0.203. The highest BCUT2D eigenvalue weighted by Crippen LogP contribution is 2.25. The van der Waals surface area contributed by atoms with E-state index < -0.39 is 24.5 Å². The third-order valence-corrected chi connectivity index (χ3v) is 2.03. The van der Waals surface area contributed by atoms with Gasteiger partial charge >= 0.3 is 6.18 Å². The first-order chi connectivity index (χ1) is 6.80. The Bertz CT molecular complexity index is 350. The SMILES string of the molecule is O[C@H](Cc1cc(Cl)ccc1F)C(F)(F)F. The van der Waals surface area contributed by atoms with Crippen LogP contribution < -0.4 is 0 Å². The smallest absolute Gasteiger partial charge is 0.383 e. The Morgan fingerprint density at radius 1 is 1.33 bits per heavy atom. The first-order valence-corrected chi connectivity index (χ1v) is 4.37. The predicted octanol–water partition coefficient (Wildman–Crippen LogP) is 2.94. The molecule has 84 valence electrons. The Morgan fingerprint density at radius 3 is 2.47 bits per heavy atom. The second kappa shape index (κ2) is 4.37. The van der Waals surface area contributed by atoms with Gasteiger partial charge in [0.05, 0.1) is 0 Å². The van der Waals surface area contributed by atoms with Gasteiger partial charge in [0.25, 0.3) is 0 Å². The van der Waals surface area contributed by atoms with Crippen molar-refractivity contribution in [2.75, 3.05) is 0 Å². The van der Waals surface area contributed by atoms with Crippen molar-refractivity contribution in [2.45, 2.75) is 18.7 Å². The summed E-state index contributed by atoms with van der Waals surface area (Å²) in [6, 6.07) is 3.24. The maximum absolute atomic E-state index is 13.0. The van der Waals surface area contributed by atoms with Crippen LogP contribution in [0.15, 0.2) is 18.2 Å². The zero-order valence-corrected chi connectivity index (χ0v) is 8.11. The molecule has 0 fully saturated rings. The fourth-order valence-electron chi connectivity index (χ4n) is 1.02. The molecule has 0 aromatic heterocycles. The molecule has 0 aliphatic carbocycles. The number of alkyl halides is 3. The minimum atomic E-state index is -4.76. The van der Waals surface area contributed by atoms with Crippen LogP contribution in [0.1, 0.15) is 5.56 Å². The molecule has 0 unspecified atom stereocenters. The molecular formula is C9H7ClF4O. The third kappa shape index (κ3) is 3.35. The molecule has 0 aliphatic heterocycles. The molecule has 6 heteroatoms. The average molecular weight is 243 g/mol. The van der Waals surface area contributed by atoms with Gasteiger partial charge in [0.15, 0.2) is 6.10 Å². The van der Waals surface area contributed by atoms with Gasteiger partial charge in [0.2, 0.25) is 0 Å². The number of halogens is 5. The summed E-state index contributed by atoms with van der Waals surface area (Å²) in [5, 5.41) is 8.85. The van der Waals surface area contributed by atoms with Crippen molar-refractivity contribution < 1.29 is 22.7 Å². The summed E-state index contributed by atoms with van der Waals surface area (Å²) < 4.78 is 48.9. The molecule has 0 saturated carbocycles. The summed E-state index contributed by atoms with van der Waals surface area (Å²) in [5.74, 6) is -0.817. The van der Waals surface area contributed by atoms with Crippen molar-refractivity contribution in [1.82, 2.24) is 0 Å². The minimum absolute atomic E-state index is 0.126. The molecule has 0 aliphatic rings. The van der Waals surface area contributed by atoms with Crippen LogP contribution in [0.2, 0.25) is 5.02 Å². The topological polar surface area (TPSA) is 20.2 Å². The van der Waals surface area contributed by atoms with E-state index in [0.717, 1.165) is 12.1 Å². The van der Waals surface area contributed by atoms with E-state index >= 15 is 0 Å². The van der Waals surface area contributed by atoms with Crippen LogP contribution in [0.25, 0.3) is 0 Å². The van der Waals surface area contributed by atoms with Crippen molar-refractivity contribution >= 4 is 11.6 Å². The lowest BCUT2D eigenvalue weighted by atomic mass is 10.1. The fraction of sp³-hybridized carbons (Fsp3) is 0.333. The second-order valence-electron chi connectivity index (χ2n) is 3.00. The predicted molar refractivity (Wildman–Crippen MR) is 47.2 cm³/mol. The number of hydrogen-bond donors (Lipinski definition) is 1. The zero-order valence-electron chi connectivity index (χ0n) is 7.35. The van der Waals surface area contributed by atoms with E-state index in [9.17, 15) is 17.6 Å². The van der Waals surface area contributed by atoms with Crippen molar-refractivity contribution in [1.29, 1.82) is 0 Å². The second-order valence-corrected chi connectivity index (χ2v) is 3.43. The van der Waals surface area contributed by atoms with Crippen molar-refractivity contribution in [3.8, 4) is 0 Å². The highest BCUT2D eigenvalue weighted by molar-refractivity contribution is 6.30. The van der Waals surface area contributed by atoms with Gasteiger partial charge in [0.1, 0.15) is 5.82 Å². The summed E-state index contributed by atoms with van der Waals surface area (Å²) in [7, 11) is 0. The summed E-state index contributed by atoms with van der Waals surface area (Å²) in [6.45, 7) is 0. The van der Waals surface area contributed by atoms with E-state index in [2.05, 4.69) is 0 Å². The number of aliphatic hydroxyl groups excluding tert-OH is 1. The van der Waals surface area contributed by atoms with Gasteiger partial charge in [-0.1, -0.05) is 11.6 Å². The first-order valence-electron chi connectivity index (χ1n) is 3.99. The standard InChI is InChI=1S/C9H7ClF4O/c10-6-1-2-7(11)5(3-6)4-8(15)9(12,13)14/h1-3,8,15H,4H2/t8-/m1/s1. The summed E-state index contributed by atoms with van der Waals surface area (Å²) in [6.07, 6.45) is -8.17. The molecule has 1 aromatic carbocycles. The highest BCUT2D eigenvalue weighted by atomic mass is 35.5. The maximum atomic E-state index is 13.0. The van der Waals surface area contributed by atoms with Crippen LogP contribution in [0.3, 0.4) is 0 Å². The molecule has 1 nitrogen and oxygen atoms in total. The molecule has 0 amide bonds. The Balaban J connectivity index is 2.85. The van der Waals surface area contributed by atoms with E-state index in [4.69, 9.17) is 16.7 Å². The van der Waals surface area contributed by atoms with Crippen LogP contribution in [0, 0.1) is 5.82 Å². The number of aliphatic hydroxyl groups is 1. The monoisotopic (exact) mass is 242 g/mol. The van der Waals surface area contributed by atoms with E-state index in [1.807, 2.05) is 0 Å². The molecular weight excluding hydrogens is 236 g/mol. The highest BCUT2D eigenvalue weighted by Gasteiger charge is 2.38. The lowest BCUT2D eigenvalue weighted by Gasteiger charge is -2.14. The van der Waals surface area contributed by atoms with E-state index in [1.54, 1.807) is 0 Å². The summed E-state index contributed by atoms with van der Waals surface area (Å²) in [5.41, 5.74) is -0.257. The molecule has 1 rings (SSSR count). The minimum Gasteiger partial charge on any atom is -0.383 e. The maximum Gasteiger partial charge on any atom is 0.414 e. The first kappa shape index (κ1) is 12.3. The van der Waals surface area contributed by atoms with Crippen molar-refractivity contribution in [3.05, 3.63) is 34.6 Å². The molecule has 1 atom stereocenters. The van der Waals surface area contributed by atoms with E-state index in [1.165, 1.54) is 6.07 Å². The molecule has 0 bridgehead atoms. The Labute approximate surface area is 88.3 Å². The van der Waals surface area contributed by atoms with Crippen molar-refractivity contribution in [2.24, 2.45) is 0 Å². The molecule has 15 heavy (non-hydrogen) atoms. The summed E-state index contributed by atoms with van der Waals surface area (Å²) in [4.78, 5) is 0. The summed E-state index contributed by atoms with van der Waals surface area (Å²) >= 11 is 5.48.